The lowest BCUT2D eigenvalue weighted by Crippen LogP contribution is -2.25. The molecule has 0 saturated heterocycles. The minimum absolute atomic E-state index is 0.0298. The standard InChI is InChI=1S/C11H17N3O3/c1-3-17-11-6-9(13-8(2)7-12)4-5-10(11)14(15)16/h4-6,8,13H,3,7,12H2,1-2H3. The Morgan fingerprint density at radius 1 is 1.59 bits per heavy atom. The van der Waals surface area contributed by atoms with Crippen LogP contribution in [0.2, 0.25) is 0 Å². The zero-order valence-electron chi connectivity index (χ0n) is 9.97. The number of hydrogen-bond acceptors (Lipinski definition) is 5. The second-order valence-corrected chi connectivity index (χ2v) is 3.65. The number of nitrogens with zero attached hydrogens (tertiary/aromatic N) is 1. The number of nitrogens with two attached hydrogens (primary N) is 1. The predicted octanol–water partition coefficient (Wildman–Crippen LogP) is 1.75. The molecule has 6 heteroatoms. The highest BCUT2D eigenvalue weighted by Crippen LogP contribution is 2.30. The smallest absolute Gasteiger partial charge is 0.311 e. The van der Waals surface area contributed by atoms with Gasteiger partial charge >= 0.3 is 5.69 Å². The van der Waals surface area contributed by atoms with E-state index in [4.69, 9.17) is 10.5 Å². The molecule has 0 bridgehead atoms. The molecule has 6 nitrogen and oxygen atoms in total. The van der Waals surface area contributed by atoms with Crippen LogP contribution in [0.4, 0.5) is 11.4 Å². The molecule has 1 aromatic rings. The minimum Gasteiger partial charge on any atom is -0.487 e. The molecule has 0 spiro atoms. The van der Waals surface area contributed by atoms with Crippen molar-refractivity contribution in [2.45, 2.75) is 19.9 Å². The summed E-state index contributed by atoms with van der Waals surface area (Å²) in [5.41, 5.74) is 6.22. The van der Waals surface area contributed by atoms with E-state index < -0.39 is 4.92 Å². The average molecular weight is 239 g/mol. The van der Waals surface area contributed by atoms with Crippen molar-refractivity contribution in [3.05, 3.63) is 28.3 Å². The Labute approximate surface area is 99.9 Å². The van der Waals surface area contributed by atoms with Gasteiger partial charge in [0.2, 0.25) is 0 Å². The first-order chi connectivity index (χ1) is 8.08. The Balaban J connectivity index is 2.96. The lowest BCUT2D eigenvalue weighted by molar-refractivity contribution is -0.385. The number of benzene rings is 1. The summed E-state index contributed by atoms with van der Waals surface area (Å²) in [6.45, 7) is 4.59. The number of ether oxygens (including phenoxy) is 1. The number of nitro benzene ring substituents is 1. The summed E-state index contributed by atoms with van der Waals surface area (Å²) in [4.78, 5) is 10.3. The molecule has 1 rings (SSSR count). The topological polar surface area (TPSA) is 90.4 Å². The lowest BCUT2D eigenvalue weighted by atomic mass is 10.2. The van der Waals surface area contributed by atoms with Gasteiger partial charge in [0.05, 0.1) is 11.5 Å². The molecule has 0 saturated carbocycles. The van der Waals surface area contributed by atoms with Gasteiger partial charge in [-0.05, 0) is 19.9 Å². The van der Waals surface area contributed by atoms with Gasteiger partial charge in [0.15, 0.2) is 5.75 Å². The van der Waals surface area contributed by atoms with Gasteiger partial charge in [0, 0.05) is 30.4 Å². The molecule has 0 aliphatic carbocycles. The molecule has 17 heavy (non-hydrogen) atoms. The van der Waals surface area contributed by atoms with E-state index in [0.29, 0.717) is 13.2 Å². The monoisotopic (exact) mass is 239 g/mol. The van der Waals surface area contributed by atoms with Crippen LogP contribution < -0.4 is 15.8 Å². The van der Waals surface area contributed by atoms with Crippen molar-refractivity contribution < 1.29 is 9.66 Å². The van der Waals surface area contributed by atoms with Gasteiger partial charge in [-0.3, -0.25) is 10.1 Å². The highest BCUT2D eigenvalue weighted by Gasteiger charge is 2.15. The maximum absolute atomic E-state index is 10.8. The quantitative estimate of drug-likeness (QED) is 0.583. The fourth-order valence-corrected chi connectivity index (χ4v) is 1.37. The highest BCUT2D eigenvalue weighted by molar-refractivity contribution is 5.58. The molecule has 1 aromatic carbocycles. The minimum atomic E-state index is -0.457. The molecule has 0 fully saturated rings. The molecular formula is C11H17N3O3. The molecule has 94 valence electrons. The summed E-state index contributed by atoms with van der Waals surface area (Å²) in [5, 5.41) is 13.9. The average Bonchev–Trinajstić information content (AvgIpc) is 2.29. The summed E-state index contributed by atoms with van der Waals surface area (Å²) < 4.78 is 5.24. The third-order valence-electron chi connectivity index (χ3n) is 2.22. The molecule has 1 atom stereocenters. The first kappa shape index (κ1) is 13.2. The summed E-state index contributed by atoms with van der Waals surface area (Å²) >= 11 is 0. The molecule has 0 aromatic heterocycles. The zero-order valence-corrected chi connectivity index (χ0v) is 9.97. The van der Waals surface area contributed by atoms with E-state index in [1.807, 2.05) is 6.92 Å². The van der Waals surface area contributed by atoms with Gasteiger partial charge in [-0.25, -0.2) is 0 Å². The molecule has 0 radical (unpaired) electrons. The third-order valence-corrected chi connectivity index (χ3v) is 2.22. The van der Waals surface area contributed by atoms with Crippen LogP contribution in [-0.2, 0) is 0 Å². The number of rotatable bonds is 6. The van der Waals surface area contributed by atoms with Crippen LogP contribution in [0, 0.1) is 10.1 Å². The number of nitrogens with one attached hydrogen (secondary N) is 1. The lowest BCUT2D eigenvalue weighted by Gasteiger charge is -2.13. The van der Waals surface area contributed by atoms with E-state index >= 15 is 0 Å². The van der Waals surface area contributed by atoms with E-state index in [0.717, 1.165) is 5.69 Å². The van der Waals surface area contributed by atoms with Crippen LogP contribution in [0.3, 0.4) is 0 Å². The molecule has 0 aliphatic heterocycles. The van der Waals surface area contributed by atoms with Crippen LogP contribution >= 0.6 is 0 Å². The van der Waals surface area contributed by atoms with Gasteiger partial charge in [0.1, 0.15) is 0 Å². The normalized spacial score (nSPS) is 11.9. The van der Waals surface area contributed by atoms with Gasteiger partial charge in [0.25, 0.3) is 0 Å². The Morgan fingerprint density at radius 2 is 2.29 bits per heavy atom. The van der Waals surface area contributed by atoms with Crippen molar-refractivity contribution in [1.29, 1.82) is 0 Å². The van der Waals surface area contributed by atoms with Crippen molar-refractivity contribution in [1.82, 2.24) is 0 Å². The first-order valence-corrected chi connectivity index (χ1v) is 5.46. The van der Waals surface area contributed by atoms with Crippen molar-refractivity contribution in [2.24, 2.45) is 5.73 Å². The fourth-order valence-electron chi connectivity index (χ4n) is 1.37. The van der Waals surface area contributed by atoms with E-state index in [-0.39, 0.29) is 17.5 Å². The predicted molar refractivity (Wildman–Crippen MR) is 66.4 cm³/mol. The Kier molecular flexibility index (Phi) is 4.71. The van der Waals surface area contributed by atoms with Crippen LogP contribution in [-0.4, -0.2) is 24.1 Å². The largest absolute Gasteiger partial charge is 0.487 e. The van der Waals surface area contributed by atoms with E-state index in [1.54, 1.807) is 19.1 Å². The summed E-state index contributed by atoms with van der Waals surface area (Å²) in [7, 11) is 0. The fraction of sp³-hybridized carbons (Fsp3) is 0.455. The van der Waals surface area contributed by atoms with Crippen molar-refractivity contribution in [2.75, 3.05) is 18.5 Å². The van der Waals surface area contributed by atoms with Gasteiger partial charge in [-0.2, -0.15) is 0 Å². The van der Waals surface area contributed by atoms with Gasteiger partial charge < -0.3 is 15.8 Å². The molecule has 0 heterocycles. The highest BCUT2D eigenvalue weighted by atomic mass is 16.6. The molecule has 0 aliphatic rings. The van der Waals surface area contributed by atoms with Crippen LogP contribution in [0.1, 0.15) is 13.8 Å². The second kappa shape index (κ2) is 6.05. The SMILES string of the molecule is CCOc1cc(NC(C)CN)ccc1[N+](=O)[O-]. The van der Waals surface area contributed by atoms with Gasteiger partial charge in [-0.15, -0.1) is 0 Å². The summed E-state index contributed by atoms with van der Waals surface area (Å²) in [6.07, 6.45) is 0. The Hall–Kier alpha value is -1.82. The third kappa shape index (κ3) is 3.60. The van der Waals surface area contributed by atoms with E-state index in [9.17, 15) is 10.1 Å². The zero-order chi connectivity index (χ0) is 12.8. The van der Waals surface area contributed by atoms with Crippen LogP contribution in [0.15, 0.2) is 18.2 Å². The maximum Gasteiger partial charge on any atom is 0.311 e. The summed E-state index contributed by atoms with van der Waals surface area (Å²) in [6, 6.07) is 4.79. The van der Waals surface area contributed by atoms with Gasteiger partial charge in [-0.1, -0.05) is 0 Å². The first-order valence-electron chi connectivity index (χ1n) is 5.46. The number of anilines is 1. The maximum atomic E-state index is 10.8. The molecule has 3 N–H and O–H groups in total. The molecular weight excluding hydrogens is 222 g/mol. The van der Waals surface area contributed by atoms with Crippen LogP contribution in [0.5, 0.6) is 5.75 Å². The van der Waals surface area contributed by atoms with Crippen molar-refractivity contribution in [3.8, 4) is 5.75 Å². The number of nitro groups is 1. The Bertz CT molecular complexity index is 396. The van der Waals surface area contributed by atoms with Crippen LogP contribution in [0.25, 0.3) is 0 Å². The molecule has 1 unspecified atom stereocenters. The van der Waals surface area contributed by atoms with Crippen molar-refractivity contribution >= 4 is 11.4 Å². The van der Waals surface area contributed by atoms with E-state index in [2.05, 4.69) is 5.32 Å². The van der Waals surface area contributed by atoms with Crippen molar-refractivity contribution in [3.63, 3.8) is 0 Å². The molecule has 0 amide bonds. The van der Waals surface area contributed by atoms with E-state index in [1.165, 1.54) is 6.07 Å². The summed E-state index contributed by atoms with van der Waals surface area (Å²) in [5.74, 6) is 0.270. The second-order valence-electron chi connectivity index (χ2n) is 3.65. The Morgan fingerprint density at radius 3 is 2.82 bits per heavy atom. The number of hydrogen-bond donors (Lipinski definition) is 2.